The Balaban J connectivity index is 1.62. The molecule has 2 heterocycles. The molecule has 0 unspecified atom stereocenters. The smallest absolute Gasteiger partial charge is 0.222 e. The van der Waals surface area contributed by atoms with Gasteiger partial charge in [-0.15, -0.1) is 0 Å². The maximum Gasteiger partial charge on any atom is 0.222 e. The Bertz CT molecular complexity index is 1100. The number of hydrogen-bond acceptors (Lipinski definition) is 6. The highest BCUT2D eigenvalue weighted by Crippen LogP contribution is 2.34. The second-order valence-corrected chi connectivity index (χ2v) is 9.59. The average molecular weight is 512 g/mol. The monoisotopic (exact) mass is 511 g/mol. The summed E-state index contributed by atoms with van der Waals surface area (Å²) in [6, 6.07) is 16.0. The molecule has 0 saturated carbocycles. The van der Waals surface area contributed by atoms with Crippen molar-refractivity contribution in [1.29, 1.82) is 0 Å². The highest BCUT2D eigenvalue weighted by atomic mass is 19.1. The summed E-state index contributed by atoms with van der Waals surface area (Å²) in [5.74, 6) is 0.574. The van der Waals surface area contributed by atoms with Crippen molar-refractivity contribution in [2.75, 3.05) is 32.9 Å². The van der Waals surface area contributed by atoms with Gasteiger partial charge in [-0.25, -0.2) is 9.07 Å². The molecule has 1 saturated heterocycles. The van der Waals surface area contributed by atoms with Crippen LogP contribution < -0.4 is 4.74 Å². The topological polar surface area (TPSA) is 69.0 Å². The fourth-order valence-electron chi connectivity index (χ4n) is 4.61. The summed E-state index contributed by atoms with van der Waals surface area (Å²) >= 11 is 0. The molecule has 7 nitrogen and oxygen atoms in total. The number of ether oxygens (including phenoxy) is 3. The number of aryl methyl sites for hydroxylation is 1. The second kappa shape index (κ2) is 13.7. The molecule has 37 heavy (non-hydrogen) atoms. The van der Waals surface area contributed by atoms with E-state index in [1.54, 1.807) is 16.8 Å². The normalized spacial score (nSPS) is 16.4. The molecule has 0 bridgehead atoms. The number of rotatable bonds is 14. The first kappa shape index (κ1) is 27.3. The zero-order chi connectivity index (χ0) is 26.0. The predicted octanol–water partition coefficient (Wildman–Crippen LogP) is 5.18. The van der Waals surface area contributed by atoms with Crippen LogP contribution in [0.25, 0.3) is 11.3 Å². The van der Waals surface area contributed by atoms with E-state index in [1.165, 1.54) is 12.1 Å². The Kier molecular flexibility index (Phi) is 10.1. The van der Waals surface area contributed by atoms with Crippen LogP contribution in [0.4, 0.5) is 4.39 Å². The highest BCUT2D eigenvalue weighted by Gasteiger charge is 2.26. The molecule has 1 aromatic heterocycles. The van der Waals surface area contributed by atoms with Crippen LogP contribution in [0.5, 0.6) is 11.6 Å². The molecular weight excluding hydrogens is 473 g/mol. The van der Waals surface area contributed by atoms with Crippen LogP contribution in [0.3, 0.4) is 0 Å². The van der Waals surface area contributed by atoms with E-state index in [9.17, 15) is 9.50 Å². The fourth-order valence-corrected chi connectivity index (χ4v) is 4.61. The molecule has 2 aromatic carbocycles. The minimum absolute atomic E-state index is 0.109. The van der Waals surface area contributed by atoms with Crippen molar-refractivity contribution in [2.24, 2.45) is 7.05 Å². The minimum atomic E-state index is -0.636. The largest absolute Gasteiger partial charge is 0.439 e. The summed E-state index contributed by atoms with van der Waals surface area (Å²) in [7, 11) is 1.82. The van der Waals surface area contributed by atoms with Gasteiger partial charge < -0.3 is 19.3 Å². The van der Waals surface area contributed by atoms with Gasteiger partial charge in [-0.1, -0.05) is 49.7 Å². The Hall–Kier alpha value is -2.78. The summed E-state index contributed by atoms with van der Waals surface area (Å²) in [5.41, 5.74) is 2.62. The molecule has 0 amide bonds. The van der Waals surface area contributed by atoms with Crippen molar-refractivity contribution in [3.63, 3.8) is 0 Å². The van der Waals surface area contributed by atoms with Crippen molar-refractivity contribution in [3.8, 4) is 22.9 Å². The average Bonchev–Trinajstić information content (AvgIpc) is 3.51. The zero-order valence-electron chi connectivity index (χ0n) is 21.8. The van der Waals surface area contributed by atoms with Gasteiger partial charge in [0.05, 0.1) is 24.4 Å². The van der Waals surface area contributed by atoms with Gasteiger partial charge in [-0.05, 0) is 31.4 Å². The Morgan fingerprint density at radius 3 is 2.78 bits per heavy atom. The van der Waals surface area contributed by atoms with Gasteiger partial charge in [0.2, 0.25) is 5.88 Å². The lowest BCUT2D eigenvalue weighted by Crippen LogP contribution is -2.39. The molecule has 0 aliphatic carbocycles. The van der Waals surface area contributed by atoms with Crippen LogP contribution in [-0.2, 0) is 23.1 Å². The third kappa shape index (κ3) is 7.85. The summed E-state index contributed by atoms with van der Waals surface area (Å²) in [6.07, 6.45) is 3.53. The van der Waals surface area contributed by atoms with E-state index in [1.807, 2.05) is 37.4 Å². The van der Waals surface area contributed by atoms with Crippen LogP contribution >= 0.6 is 0 Å². The van der Waals surface area contributed by atoms with E-state index in [0.717, 1.165) is 49.1 Å². The van der Waals surface area contributed by atoms with Gasteiger partial charge in [-0.3, -0.25) is 4.90 Å². The van der Waals surface area contributed by atoms with Crippen LogP contribution in [0.1, 0.15) is 38.2 Å². The maximum absolute atomic E-state index is 13.9. The minimum Gasteiger partial charge on any atom is -0.439 e. The van der Waals surface area contributed by atoms with Gasteiger partial charge in [-0.2, -0.15) is 5.10 Å². The Labute approximate surface area is 218 Å². The highest BCUT2D eigenvalue weighted by molar-refractivity contribution is 5.65. The lowest BCUT2D eigenvalue weighted by Gasteiger charge is -2.28. The lowest BCUT2D eigenvalue weighted by atomic mass is 10.1. The zero-order valence-corrected chi connectivity index (χ0v) is 21.8. The van der Waals surface area contributed by atoms with E-state index in [4.69, 9.17) is 19.3 Å². The number of aromatic nitrogens is 2. The van der Waals surface area contributed by atoms with Gasteiger partial charge in [0, 0.05) is 51.5 Å². The summed E-state index contributed by atoms with van der Waals surface area (Å²) in [5, 5.41) is 15.6. The number of nitrogens with zero attached hydrogens (tertiary/aromatic N) is 3. The number of aliphatic hydroxyl groups excluding tert-OH is 1. The molecule has 1 fully saturated rings. The van der Waals surface area contributed by atoms with E-state index >= 15 is 0 Å². The SMILES string of the molecule is CCCCOC[C@@H](O)CN(Cc1c(-c2ccccc2)nn(C)c1Oc1cccc(F)c1)C[C@H]1CCCO1. The predicted molar refractivity (Wildman–Crippen MR) is 141 cm³/mol. The van der Waals surface area contributed by atoms with E-state index in [-0.39, 0.29) is 18.5 Å². The van der Waals surface area contributed by atoms with Crippen molar-refractivity contribution in [2.45, 2.75) is 51.4 Å². The van der Waals surface area contributed by atoms with Gasteiger partial charge in [0.1, 0.15) is 17.3 Å². The molecule has 200 valence electrons. The van der Waals surface area contributed by atoms with Crippen LogP contribution in [0.2, 0.25) is 0 Å². The molecule has 0 spiro atoms. The third-order valence-corrected chi connectivity index (χ3v) is 6.43. The van der Waals surface area contributed by atoms with E-state index in [2.05, 4.69) is 11.8 Å². The Morgan fingerprint density at radius 1 is 1.22 bits per heavy atom. The van der Waals surface area contributed by atoms with Crippen molar-refractivity contribution in [3.05, 3.63) is 66.0 Å². The standard InChI is InChI=1S/C29H38FN3O4/c1-3-4-15-35-21-24(34)18-33(19-26-14-9-16-36-26)20-27-28(22-10-6-5-7-11-22)31-32(2)29(27)37-25-13-8-12-23(30)17-25/h5-8,10-13,17,24,26,34H,3-4,9,14-16,18-21H2,1-2H3/t24-,26+/m0/s1. The molecule has 3 aromatic rings. The molecule has 0 radical (unpaired) electrons. The number of benzene rings is 2. The van der Waals surface area contributed by atoms with Crippen molar-refractivity contribution in [1.82, 2.24) is 14.7 Å². The first-order valence-electron chi connectivity index (χ1n) is 13.2. The van der Waals surface area contributed by atoms with Crippen molar-refractivity contribution >= 4 is 0 Å². The fraction of sp³-hybridized carbons (Fsp3) is 0.483. The molecule has 1 N–H and O–H groups in total. The molecule has 8 heteroatoms. The quantitative estimate of drug-likeness (QED) is 0.301. The number of hydrogen-bond donors (Lipinski definition) is 1. The Morgan fingerprint density at radius 2 is 2.05 bits per heavy atom. The molecule has 1 aliphatic heterocycles. The van der Waals surface area contributed by atoms with E-state index in [0.29, 0.717) is 37.9 Å². The van der Waals surface area contributed by atoms with E-state index < -0.39 is 6.10 Å². The first-order valence-corrected chi connectivity index (χ1v) is 13.2. The maximum atomic E-state index is 13.9. The summed E-state index contributed by atoms with van der Waals surface area (Å²) < 4.78 is 33.4. The molecule has 2 atom stereocenters. The molecule has 4 rings (SSSR count). The first-order chi connectivity index (χ1) is 18.0. The molecule has 1 aliphatic rings. The van der Waals surface area contributed by atoms with Crippen molar-refractivity contribution < 1.29 is 23.7 Å². The van der Waals surface area contributed by atoms with Crippen LogP contribution in [0.15, 0.2) is 54.6 Å². The summed E-state index contributed by atoms with van der Waals surface area (Å²) in [6.45, 7) is 5.39. The van der Waals surface area contributed by atoms with Gasteiger partial charge in [0.25, 0.3) is 0 Å². The lowest BCUT2D eigenvalue weighted by molar-refractivity contribution is 0.00144. The summed E-state index contributed by atoms with van der Waals surface area (Å²) in [4.78, 5) is 2.19. The van der Waals surface area contributed by atoms with Gasteiger partial charge in [0.15, 0.2) is 0 Å². The second-order valence-electron chi connectivity index (χ2n) is 9.59. The van der Waals surface area contributed by atoms with Crippen LogP contribution in [-0.4, -0.2) is 64.9 Å². The molecular formula is C29H38FN3O4. The number of unbranched alkanes of at least 4 members (excludes halogenated alkanes) is 1. The number of aliphatic hydroxyl groups is 1. The third-order valence-electron chi connectivity index (χ3n) is 6.43. The van der Waals surface area contributed by atoms with Gasteiger partial charge >= 0.3 is 0 Å². The van der Waals surface area contributed by atoms with Crippen LogP contribution in [0, 0.1) is 5.82 Å². The number of halogens is 1.